The largest absolute Gasteiger partial charge is 0.450 e. The smallest absolute Gasteiger partial charge is 0.374 e. The van der Waals surface area contributed by atoms with E-state index in [2.05, 4.69) is 5.32 Å². The Morgan fingerprint density at radius 1 is 1.07 bits per heavy atom. The zero-order valence-electron chi connectivity index (χ0n) is 15.9. The van der Waals surface area contributed by atoms with Gasteiger partial charge in [-0.1, -0.05) is 12.1 Å². The van der Waals surface area contributed by atoms with Crippen molar-refractivity contribution in [3.8, 4) is 0 Å². The quantitative estimate of drug-likeness (QED) is 0.653. The summed E-state index contributed by atoms with van der Waals surface area (Å²) in [6, 6.07) is 14.4. The lowest BCUT2D eigenvalue weighted by Crippen LogP contribution is -2.24. The van der Waals surface area contributed by atoms with Crippen LogP contribution in [0.4, 0.5) is 11.4 Å². The fourth-order valence-electron chi connectivity index (χ4n) is 3.25. The van der Waals surface area contributed by atoms with Crippen LogP contribution in [0.15, 0.2) is 63.8 Å². The third-order valence-corrected chi connectivity index (χ3v) is 4.71. The number of para-hydroxylation sites is 1. The molecule has 1 fully saturated rings. The van der Waals surface area contributed by atoms with Gasteiger partial charge in [-0.15, -0.1) is 0 Å². The van der Waals surface area contributed by atoms with Crippen LogP contribution in [0.25, 0.3) is 11.0 Å². The molecule has 2 heterocycles. The number of hydrogen-bond donors (Lipinski definition) is 1. The van der Waals surface area contributed by atoms with E-state index in [9.17, 15) is 19.2 Å². The average molecular weight is 406 g/mol. The Morgan fingerprint density at radius 2 is 1.83 bits per heavy atom. The van der Waals surface area contributed by atoms with Crippen LogP contribution >= 0.6 is 0 Å². The van der Waals surface area contributed by atoms with Crippen molar-refractivity contribution in [2.24, 2.45) is 0 Å². The maximum Gasteiger partial charge on any atom is 0.374 e. The van der Waals surface area contributed by atoms with E-state index in [1.54, 1.807) is 53.4 Å². The lowest BCUT2D eigenvalue weighted by molar-refractivity contribution is -0.119. The van der Waals surface area contributed by atoms with Crippen molar-refractivity contribution in [3.05, 3.63) is 70.6 Å². The first-order valence-electron chi connectivity index (χ1n) is 9.41. The van der Waals surface area contributed by atoms with Crippen LogP contribution in [0.5, 0.6) is 0 Å². The highest BCUT2D eigenvalue weighted by atomic mass is 16.5. The molecule has 3 aromatic rings. The third kappa shape index (κ3) is 4.07. The molecule has 0 unspecified atom stereocenters. The second kappa shape index (κ2) is 8.20. The summed E-state index contributed by atoms with van der Waals surface area (Å²) in [7, 11) is 0. The van der Waals surface area contributed by atoms with Gasteiger partial charge in [-0.3, -0.25) is 14.4 Å². The van der Waals surface area contributed by atoms with Gasteiger partial charge in [-0.05, 0) is 42.8 Å². The van der Waals surface area contributed by atoms with Gasteiger partial charge in [0.2, 0.25) is 11.7 Å². The molecule has 0 saturated carbocycles. The SMILES string of the molecule is O=C(COC(=O)c1cc(=O)c2ccccc2o1)Nc1ccc(N2CCCC2=O)cc1. The molecule has 1 N–H and O–H groups in total. The molecule has 1 aliphatic heterocycles. The van der Waals surface area contributed by atoms with Gasteiger partial charge in [0.1, 0.15) is 5.58 Å². The standard InChI is InChI=1S/C22H18N2O6/c25-17-12-19(30-18-5-2-1-4-16(17)18)22(28)29-13-20(26)23-14-7-9-15(10-8-14)24-11-3-6-21(24)27/h1-2,4-5,7-10,12H,3,6,11,13H2,(H,23,26). The van der Waals surface area contributed by atoms with Crippen LogP contribution in [0.3, 0.4) is 0 Å². The Morgan fingerprint density at radius 3 is 2.57 bits per heavy atom. The number of rotatable bonds is 5. The molecule has 0 spiro atoms. The number of ether oxygens (including phenoxy) is 1. The van der Waals surface area contributed by atoms with Crippen molar-refractivity contribution in [1.29, 1.82) is 0 Å². The van der Waals surface area contributed by atoms with Gasteiger partial charge >= 0.3 is 5.97 Å². The minimum atomic E-state index is -0.907. The van der Waals surface area contributed by atoms with Crippen LogP contribution in [-0.2, 0) is 14.3 Å². The number of amides is 2. The molecular weight excluding hydrogens is 388 g/mol. The number of fused-ring (bicyclic) bond motifs is 1. The van der Waals surface area contributed by atoms with Gasteiger partial charge in [0.15, 0.2) is 12.0 Å². The monoisotopic (exact) mass is 406 g/mol. The van der Waals surface area contributed by atoms with Crippen LogP contribution in [0.1, 0.15) is 23.4 Å². The summed E-state index contributed by atoms with van der Waals surface area (Å²) < 4.78 is 10.3. The summed E-state index contributed by atoms with van der Waals surface area (Å²) in [5.41, 5.74) is 1.17. The lowest BCUT2D eigenvalue weighted by atomic mass is 10.2. The normalized spacial score (nSPS) is 13.5. The Bertz CT molecular complexity index is 1180. The molecule has 0 atom stereocenters. The minimum Gasteiger partial charge on any atom is -0.450 e. The second-order valence-corrected chi connectivity index (χ2v) is 6.79. The van der Waals surface area contributed by atoms with E-state index in [1.165, 1.54) is 0 Å². The first-order chi connectivity index (χ1) is 14.5. The van der Waals surface area contributed by atoms with Gasteiger partial charge in [0.25, 0.3) is 5.91 Å². The maximum atomic E-state index is 12.1. The van der Waals surface area contributed by atoms with Crippen molar-refractivity contribution >= 4 is 40.1 Å². The predicted molar refractivity (Wildman–Crippen MR) is 109 cm³/mol. The summed E-state index contributed by atoms with van der Waals surface area (Å²) in [4.78, 5) is 49.8. The topological polar surface area (TPSA) is 106 Å². The maximum absolute atomic E-state index is 12.1. The number of anilines is 2. The fraction of sp³-hybridized carbons (Fsp3) is 0.182. The van der Waals surface area contributed by atoms with Crippen molar-refractivity contribution in [2.45, 2.75) is 12.8 Å². The molecule has 1 aliphatic rings. The molecule has 8 nitrogen and oxygen atoms in total. The number of hydrogen-bond acceptors (Lipinski definition) is 6. The van der Waals surface area contributed by atoms with Crippen LogP contribution in [0.2, 0.25) is 0 Å². The first kappa shape index (κ1) is 19.4. The fourth-order valence-corrected chi connectivity index (χ4v) is 3.25. The molecule has 0 radical (unpaired) electrons. The zero-order valence-corrected chi connectivity index (χ0v) is 15.9. The molecular formula is C22H18N2O6. The molecule has 0 bridgehead atoms. The number of nitrogens with zero attached hydrogens (tertiary/aromatic N) is 1. The van der Waals surface area contributed by atoms with Gasteiger partial charge in [0, 0.05) is 30.4 Å². The summed E-state index contributed by atoms with van der Waals surface area (Å²) in [5.74, 6) is -1.64. The van der Waals surface area contributed by atoms with Crippen LogP contribution in [-0.4, -0.2) is 30.9 Å². The Kier molecular flexibility index (Phi) is 5.30. The third-order valence-electron chi connectivity index (χ3n) is 4.71. The van der Waals surface area contributed by atoms with Gasteiger partial charge in [-0.2, -0.15) is 0 Å². The molecule has 2 aromatic carbocycles. The summed E-state index contributed by atoms with van der Waals surface area (Å²) >= 11 is 0. The Labute approximate surface area is 171 Å². The van der Waals surface area contributed by atoms with Gasteiger partial charge in [-0.25, -0.2) is 4.79 Å². The van der Waals surface area contributed by atoms with Crippen molar-refractivity contribution < 1.29 is 23.5 Å². The van der Waals surface area contributed by atoms with Crippen molar-refractivity contribution in [1.82, 2.24) is 0 Å². The van der Waals surface area contributed by atoms with Gasteiger partial charge < -0.3 is 19.4 Å². The summed E-state index contributed by atoms with van der Waals surface area (Å²) in [6.07, 6.45) is 1.38. The molecule has 1 saturated heterocycles. The molecule has 2 amide bonds. The number of benzene rings is 2. The number of nitrogens with one attached hydrogen (secondary N) is 1. The molecule has 8 heteroatoms. The van der Waals surface area contributed by atoms with E-state index in [1.807, 2.05) is 0 Å². The highest BCUT2D eigenvalue weighted by molar-refractivity contribution is 5.97. The Balaban J connectivity index is 1.35. The molecule has 30 heavy (non-hydrogen) atoms. The highest BCUT2D eigenvalue weighted by Gasteiger charge is 2.21. The van der Waals surface area contributed by atoms with E-state index in [0.717, 1.165) is 18.2 Å². The lowest BCUT2D eigenvalue weighted by Gasteiger charge is -2.16. The second-order valence-electron chi connectivity index (χ2n) is 6.79. The molecule has 152 valence electrons. The number of esters is 1. The average Bonchev–Trinajstić information content (AvgIpc) is 3.18. The summed E-state index contributed by atoms with van der Waals surface area (Å²) in [6.45, 7) is 0.146. The van der Waals surface area contributed by atoms with Crippen molar-refractivity contribution in [2.75, 3.05) is 23.4 Å². The van der Waals surface area contributed by atoms with E-state index >= 15 is 0 Å². The van der Waals surface area contributed by atoms with E-state index in [-0.39, 0.29) is 22.7 Å². The van der Waals surface area contributed by atoms with Gasteiger partial charge in [0.05, 0.1) is 5.39 Å². The molecule has 0 aliphatic carbocycles. The van der Waals surface area contributed by atoms with Crippen LogP contribution < -0.4 is 15.6 Å². The highest BCUT2D eigenvalue weighted by Crippen LogP contribution is 2.23. The van der Waals surface area contributed by atoms with E-state index in [4.69, 9.17) is 9.15 Å². The van der Waals surface area contributed by atoms with Crippen molar-refractivity contribution in [3.63, 3.8) is 0 Å². The zero-order chi connectivity index (χ0) is 21.1. The van der Waals surface area contributed by atoms with Crippen LogP contribution in [0, 0.1) is 0 Å². The number of carbonyl (C=O) groups excluding carboxylic acids is 3. The van der Waals surface area contributed by atoms with E-state index in [0.29, 0.717) is 24.0 Å². The summed E-state index contributed by atoms with van der Waals surface area (Å²) in [5, 5.41) is 2.96. The Hall–Kier alpha value is -3.94. The molecule has 4 rings (SSSR count). The van der Waals surface area contributed by atoms with E-state index < -0.39 is 18.5 Å². The predicted octanol–water partition coefficient (Wildman–Crippen LogP) is 2.72. The minimum absolute atomic E-state index is 0.0824. The first-order valence-corrected chi connectivity index (χ1v) is 9.41. The molecule has 1 aromatic heterocycles. The number of carbonyl (C=O) groups is 3.